The van der Waals surface area contributed by atoms with Gasteiger partial charge in [-0.05, 0) is 19.3 Å². The van der Waals surface area contributed by atoms with E-state index in [4.69, 9.17) is 0 Å². The summed E-state index contributed by atoms with van der Waals surface area (Å²) in [5, 5.41) is 0. The molecule has 0 rings (SSSR count). The molecule has 0 aromatic heterocycles. The zero-order valence-corrected chi connectivity index (χ0v) is 8.61. The van der Waals surface area contributed by atoms with Crippen LogP contribution in [0.2, 0.25) is 0 Å². The van der Waals surface area contributed by atoms with E-state index in [2.05, 4.69) is 4.99 Å². The molecule has 0 amide bonds. The predicted octanol–water partition coefficient (Wildman–Crippen LogP) is 3.37. The maximum absolute atomic E-state index is 13.0. The normalized spacial score (nSPS) is 15.1. The van der Waals surface area contributed by atoms with E-state index in [1.807, 2.05) is 20.8 Å². The molecule has 0 bridgehead atoms. The first-order valence-corrected chi connectivity index (χ1v) is 4.36. The van der Waals surface area contributed by atoms with Crippen molar-refractivity contribution in [2.24, 2.45) is 10.9 Å². The van der Waals surface area contributed by atoms with Gasteiger partial charge in [0.1, 0.15) is 5.83 Å². The van der Waals surface area contributed by atoms with Gasteiger partial charge in [0.2, 0.25) is 0 Å². The van der Waals surface area contributed by atoms with E-state index in [9.17, 15) is 4.39 Å². The van der Waals surface area contributed by atoms with Crippen molar-refractivity contribution in [1.29, 1.82) is 0 Å². The fourth-order valence-electron chi connectivity index (χ4n) is 1.40. The molecule has 70 valence electrons. The van der Waals surface area contributed by atoms with E-state index in [1.165, 1.54) is 6.92 Å². The van der Waals surface area contributed by atoms with Crippen LogP contribution in [0.15, 0.2) is 16.4 Å². The highest BCUT2D eigenvalue weighted by molar-refractivity contribution is 6.00. The Hall–Kier alpha value is -0.660. The predicted molar refractivity (Wildman–Crippen MR) is 52.3 cm³/mol. The van der Waals surface area contributed by atoms with Gasteiger partial charge in [0.05, 0.1) is 0 Å². The second kappa shape index (κ2) is 5.07. The van der Waals surface area contributed by atoms with Crippen molar-refractivity contribution in [2.75, 3.05) is 7.05 Å². The van der Waals surface area contributed by atoms with Crippen LogP contribution < -0.4 is 0 Å². The van der Waals surface area contributed by atoms with Gasteiger partial charge in [-0.2, -0.15) is 0 Å². The first kappa shape index (κ1) is 11.3. The van der Waals surface area contributed by atoms with Crippen LogP contribution in [0.25, 0.3) is 0 Å². The topological polar surface area (TPSA) is 12.4 Å². The van der Waals surface area contributed by atoms with Crippen LogP contribution in [0.4, 0.5) is 4.39 Å². The molecule has 0 unspecified atom stereocenters. The molecule has 0 atom stereocenters. The van der Waals surface area contributed by atoms with Gasteiger partial charge < -0.3 is 0 Å². The number of hydrogen-bond acceptors (Lipinski definition) is 1. The molecule has 0 aliphatic heterocycles. The lowest BCUT2D eigenvalue weighted by atomic mass is 9.96. The van der Waals surface area contributed by atoms with Crippen molar-refractivity contribution in [3.63, 3.8) is 0 Å². The zero-order chi connectivity index (χ0) is 9.72. The minimum Gasteiger partial charge on any atom is -0.293 e. The third-order valence-corrected chi connectivity index (χ3v) is 1.86. The standard InChI is InChI=1S/C10H18FN/c1-6-9(12-5)10(7(2)3)8(4)11/h7H,6H2,1-5H3/b10-8+,12-9?. The Balaban J connectivity index is 4.89. The molecule has 0 heterocycles. The molecule has 0 aromatic carbocycles. The summed E-state index contributed by atoms with van der Waals surface area (Å²) in [6.07, 6.45) is 0.797. The molecule has 0 aromatic rings. The Morgan fingerprint density at radius 1 is 1.42 bits per heavy atom. The average Bonchev–Trinajstić information content (AvgIpc) is 1.98. The van der Waals surface area contributed by atoms with Crippen LogP contribution in [-0.4, -0.2) is 12.8 Å². The second-order valence-corrected chi connectivity index (χ2v) is 3.13. The van der Waals surface area contributed by atoms with E-state index in [0.29, 0.717) is 0 Å². The minimum atomic E-state index is -0.104. The van der Waals surface area contributed by atoms with Crippen molar-refractivity contribution >= 4 is 5.71 Å². The zero-order valence-electron chi connectivity index (χ0n) is 8.61. The summed E-state index contributed by atoms with van der Waals surface area (Å²) in [5.74, 6) is 0.112. The molecule has 0 fully saturated rings. The molecule has 0 N–H and O–H groups in total. The molecule has 0 saturated heterocycles. The fraction of sp³-hybridized carbons (Fsp3) is 0.700. The minimum absolute atomic E-state index is 0.104. The highest BCUT2D eigenvalue weighted by Crippen LogP contribution is 2.19. The quantitative estimate of drug-likeness (QED) is 0.577. The lowest BCUT2D eigenvalue weighted by molar-refractivity contribution is 0.608. The van der Waals surface area contributed by atoms with E-state index in [0.717, 1.165) is 17.7 Å². The largest absolute Gasteiger partial charge is 0.293 e. The van der Waals surface area contributed by atoms with Crippen molar-refractivity contribution in [3.05, 3.63) is 11.4 Å². The van der Waals surface area contributed by atoms with E-state index < -0.39 is 0 Å². The second-order valence-electron chi connectivity index (χ2n) is 3.13. The SMILES string of the molecule is CCC(=NC)/C(=C(\C)F)C(C)C. The molecule has 0 saturated carbocycles. The van der Waals surface area contributed by atoms with Gasteiger partial charge in [0.15, 0.2) is 0 Å². The van der Waals surface area contributed by atoms with E-state index in [1.54, 1.807) is 7.05 Å². The Kier molecular flexibility index (Phi) is 4.79. The lowest BCUT2D eigenvalue weighted by Crippen LogP contribution is -2.09. The lowest BCUT2D eigenvalue weighted by Gasteiger charge is -2.12. The molecule has 2 heteroatoms. The molecule has 1 nitrogen and oxygen atoms in total. The highest BCUT2D eigenvalue weighted by atomic mass is 19.1. The summed E-state index contributed by atoms with van der Waals surface area (Å²) in [4.78, 5) is 4.07. The van der Waals surface area contributed by atoms with E-state index in [-0.39, 0.29) is 11.7 Å². The molecule has 0 spiro atoms. The summed E-state index contributed by atoms with van der Waals surface area (Å²) < 4.78 is 13.0. The molecular formula is C10H18FN. The number of allylic oxidation sites excluding steroid dienone is 2. The number of nitrogens with zero attached hydrogens (tertiary/aromatic N) is 1. The fourth-order valence-corrected chi connectivity index (χ4v) is 1.40. The first-order chi connectivity index (χ1) is 5.54. The Morgan fingerprint density at radius 2 is 1.92 bits per heavy atom. The van der Waals surface area contributed by atoms with Crippen molar-refractivity contribution < 1.29 is 4.39 Å². The third-order valence-electron chi connectivity index (χ3n) is 1.86. The third kappa shape index (κ3) is 2.76. The number of rotatable bonds is 3. The summed E-state index contributed by atoms with van der Waals surface area (Å²) in [7, 11) is 1.71. The highest BCUT2D eigenvalue weighted by Gasteiger charge is 2.12. The Morgan fingerprint density at radius 3 is 2.00 bits per heavy atom. The van der Waals surface area contributed by atoms with Crippen LogP contribution in [0, 0.1) is 5.92 Å². The molecular weight excluding hydrogens is 153 g/mol. The van der Waals surface area contributed by atoms with Gasteiger partial charge in [0, 0.05) is 18.3 Å². The molecule has 0 radical (unpaired) electrons. The maximum Gasteiger partial charge on any atom is 0.102 e. The molecule has 0 aliphatic rings. The van der Waals surface area contributed by atoms with Gasteiger partial charge >= 0.3 is 0 Å². The number of halogens is 1. The van der Waals surface area contributed by atoms with Gasteiger partial charge in [-0.3, -0.25) is 4.99 Å². The van der Waals surface area contributed by atoms with Crippen LogP contribution in [0.5, 0.6) is 0 Å². The van der Waals surface area contributed by atoms with Crippen LogP contribution >= 0.6 is 0 Å². The molecule has 12 heavy (non-hydrogen) atoms. The van der Waals surface area contributed by atoms with Gasteiger partial charge in [-0.15, -0.1) is 0 Å². The van der Waals surface area contributed by atoms with Crippen molar-refractivity contribution in [3.8, 4) is 0 Å². The van der Waals surface area contributed by atoms with E-state index >= 15 is 0 Å². The smallest absolute Gasteiger partial charge is 0.102 e. The van der Waals surface area contributed by atoms with Gasteiger partial charge in [-0.1, -0.05) is 20.8 Å². The van der Waals surface area contributed by atoms with Gasteiger partial charge in [-0.25, -0.2) is 4.39 Å². The number of hydrogen-bond donors (Lipinski definition) is 0. The summed E-state index contributed by atoms with van der Waals surface area (Å²) in [5.41, 5.74) is 1.64. The monoisotopic (exact) mass is 171 g/mol. The van der Waals surface area contributed by atoms with Crippen LogP contribution in [-0.2, 0) is 0 Å². The first-order valence-electron chi connectivity index (χ1n) is 4.36. The van der Waals surface area contributed by atoms with Crippen LogP contribution in [0.1, 0.15) is 34.1 Å². The maximum atomic E-state index is 13.0. The van der Waals surface area contributed by atoms with Crippen LogP contribution in [0.3, 0.4) is 0 Å². The van der Waals surface area contributed by atoms with Crippen molar-refractivity contribution in [2.45, 2.75) is 34.1 Å². The van der Waals surface area contributed by atoms with Crippen molar-refractivity contribution in [1.82, 2.24) is 0 Å². The summed E-state index contributed by atoms with van der Waals surface area (Å²) >= 11 is 0. The Bertz CT molecular complexity index is 198. The molecule has 0 aliphatic carbocycles. The average molecular weight is 171 g/mol. The Labute approximate surface area is 74.4 Å². The summed E-state index contributed by atoms with van der Waals surface area (Å²) in [6, 6.07) is 0. The van der Waals surface area contributed by atoms with Gasteiger partial charge in [0.25, 0.3) is 0 Å². The summed E-state index contributed by atoms with van der Waals surface area (Å²) in [6.45, 7) is 7.46. The number of aliphatic imine (C=N–C) groups is 1.